The number of furan rings is 1. The van der Waals surface area contributed by atoms with Crippen molar-refractivity contribution in [3.05, 3.63) is 64.5 Å². The van der Waals surface area contributed by atoms with Crippen molar-refractivity contribution >= 4 is 27.9 Å². The van der Waals surface area contributed by atoms with E-state index < -0.39 is 5.97 Å². The predicted octanol–water partition coefficient (Wildman–Crippen LogP) is 6.25. The Labute approximate surface area is 174 Å². The van der Waals surface area contributed by atoms with E-state index in [1.54, 1.807) is 12.1 Å². The third-order valence-corrected chi connectivity index (χ3v) is 5.20. The van der Waals surface area contributed by atoms with Crippen molar-refractivity contribution < 1.29 is 18.4 Å². The smallest absolute Gasteiger partial charge is 0.308 e. The highest BCUT2D eigenvalue weighted by atomic mass is 16.5. The Morgan fingerprint density at radius 2 is 1.87 bits per heavy atom. The largest absolute Gasteiger partial charge is 0.463 e. The maximum atomic E-state index is 13.2. The molecule has 0 radical (unpaired) electrons. The summed E-state index contributed by atoms with van der Waals surface area (Å²) >= 11 is 0. The number of ether oxygens (including phenoxy) is 1. The van der Waals surface area contributed by atoms with Crippen LogP contribution in [0.5, 0.6) is 5.75 Å². The third kappa shape index (κ3) is 4.01. The van der Waals surface area contributed by atoms with Gasteiger partial charge < -0.3 is 13.6 Å². The summed E-state index contributed by atoms with van der Waals surface area (Å²) in [7, 11) is 0. The molecular weight excluding hydrogens is 380 g/mol. The molecule has 0 bridgehead atoms. The average molecular weight is 404 g/mol. The summed E-state index contributed by atoms with van der Waals surface area (Å²) in [5.41, 5.74) is 2.14. The number of para-hydroxylation sites is 1. The number of aryl methyl sites for hydroxylation is 1. The van der Waals surface area contributed by atoms with Gasteiger partial charge in [0, 0.05) is 18.4 Å². The first-order valence-corrected chi connectivity index (χ1v) is 10.3. The minimum atomic E-state index is -0.398. The van der Waals surface area contributed by atoms with Gasteiger partial charge in [0.2, 0.25) is 5.43 Å². The number of carbonyl (C=O) groups is 1. The molecule has 0 atom stereocenters. The fraction of sp³-hybridized carbons (Fsp3) is 0.280. The molecule has 2 aromatic heterocycles. The van der Waals surface area contributed by atoms with Crippen LogP contribution in [0.15, 0.2) is 62.4 Å². The van der Waals surface area contributed by atoms with Gasteiger partial charge in [-0.3, -0.25) is 9.59 Å². The molecule has 0 amide bonds. The zero-order valence-corrected chi connectivity index (χ0v) is 17.2. The number of unbranched alkanes of at least 4 members (excludes halogenated alkanes) is 3. The lowest BCUT2D eigenvalue weighted by Gasteiger charge is -2.11. The van der Waals surface area contributed by atoms with E-state index in [0.717, 1.165) is 43.1 Å². The van der Waals surface area contributed by atoms with Gasteiger partial charge in [-0.1, -0.05) is 44.4 Å². The van der Waals surface area contributed by atoms with Crippen molar-refractivity contribution in [3.8, 4) is 17.1 Å². The zero-order valence-electron chi connectivity index (χ0n) is 17.2. The lowest BCUT2D eigenvalue weighted by atomic mass is 10.0. The molecule has 4 rings (SSSR count). The fourth-order valence-electron chi connectivity index (χ4n) is 3.67. The van der Waals surface area contributed by atoms with Crippen LogP contribution in [0, 0.1) is 0 Å². The molecule has 0 N–H and O–H groups in total. The highest BCUT2D eigenvalue weighted by Crippen LogP contribution is 2.30. The van der Waals surface area contributed by atoms with Crippen molar-refractivity contribution in [3.63, 3.8) is 0 Å². The summed E-state index contributed by atoms with van der Waals surface area (Å²) in [6.07, 6.45) is 6.46. The normalized spacial score (nSPS) is 11.3. The number of esters is 1. The fourth-order valence-corrected chi connectivity index (χ4v) is 3.67. The van der Waals surface area contributed by atoms with Gasteiger partial charge in [-0.25, -0.2) is 0 Å². The molecule has 5 heteroatoms. The molecule has 0 aliphatic carbocycles. The van der Waals surface area contributed by atoms with E-state index in [4.69, 9.17) is 13.6 Å². The van der Waals surface area contributed by atoms with Crippen LogP contribution in [-0.2, 0) is 11.2 Å². The van der Waals surface area contributed by atoms with Crippen molar-refractivity contribution in [2.45, 2.75) is 46.0 Å². The standard InChI is InChI=1S/C25H24O5/c1-3-4-5-6-9-17-12-19-23(14-22(17)29-16(2)26)28-15-20(25(19)27)24-13-18-10-7-8-11-21(18)30-24/h7-8,10-15H,3-6,9H2,1-2H3. The second kappa shape index (κ2) is 8.57. The maximum Gasteiger partial charge on any atom is 0.308 e. The first-order valence-electron chi connectivity index (χ1n) is 10.3. The summed E-state index contributed by atoms with van der Waals surface area (Å²) in [4.78, 5) is 24.8. The number of hydrogen-bond acceptors (Lipinski definition) is 5. The van der Waals surface area contributed by atoms with E-state index >= 15 is 0 Å². The summed E-state index contributed by atoms with van der Waals surface area (Å²) < 4.78 is 17.0. The van der Waals surface area contributed by atoms with Crippen molar-refractivity contribution in [1.82, 2.24) is 0 Å². The van der Waals surface area contributed by atoms with Gasteiger partial charge in [0.25, 0.3) is 0 Å². The Morgan fingerprint density at radius 1 is 1.03 bits per heavy atom. The zero-order chi connectivity index (χ0) is 21.1. The number of benzene rings is 2. The molecule has 0 spiro atoms. The lowest BCUT2D eigenvalue weighted by molar-refractivity contribution is -0.131. The summed E-state index contributed by atoms with van der Waals surface area (Å²) in [5, 5.41) is 1.38. The van der Waals surface area contributed by atoms with Gasteiger partial charge in [0.1, 0.15) is 34.5 Å². The monoisotopic (exact) mass is 404 g/mol. The quantitative estimate of drug-likeness (QED) is 0.207. The van der Waals surface area contributed by atoms with Crippen LogP contribution in [0.2, 0.25) is 0 Å². The Hall–Kier alpha value is -3.34. The van der Waals surface area contributed by atoms with Crippen LogP contribution >= 0.6 is 0 Å². The highest BCUT2D eigenvalue weighted by Gasteiger charge is 2.17. The summed E-state index contributed by atoms with van der Waals surface area (Å²) in [6, 6.07) is 12.9. The third-order valence-electron chi connectivity index (χ3n) is 5.20. The first kappa shape index (κ1) is 20.0. The minimum absolute atomic E-state index is 0.167. The van der Waals surface area contributed by atoms with Crippen molar-refractivity contribution in [2.24, 2.45) is 0 Å². The van der Waals surface area contributed by atoms with Gasteiger partial charge in [0.05, 0.1) is 5.39 Å². The topological polar surface area (TPSA) is 69.7 Å². The van der Waals surface area contributed by atoms with Gasteiger partial charge in [-0.15, -0.1) is 0 Å². The molecule has 0 fully saturated rings. The van der Waals surface area contributed by atoms with Crippen LogP contribution in [0.25, 0.3) is 33.3 Å². The molecule has 2 heterocycles. The molecule has 2 aromatic carbocycles. The average Bonchev–Trinajstić information content (AvgIpc) is 3.15. The Kier molecular flexibility index (Phi) is 5.70. The Bertz CT molecular complexity index is 1230. The van der Waals surface area contributed by atoms with E-state index in [0.29, 0.717) is 33.6 Å². The summed E-state index contributed by atoms with van der Waals surface area (Å²) in [5.74, 6) is 0.525. The molecular formula is C25H24O5. The molecule has 0 saturated carbocycles. The van der Waals surface area contributed by atoms with Crippen LogP contribution in [0.1, 0.15) is 45.1 Å². The number of hydrogen-bond donors (Lipinski definition) is 0. The molecule has 154 valence electrons. The van der Waals surface area contributed by atoms with Crippen molar-refractivity contribution in [1.29, 1.82) is 0 Å². The van der Waals surface area contributed by atoms with E-state index in [1.807, 2.05) is 30.3 Å². The second-order valence-corrected chi connectivity index (χ2v) is 7.49. The van der Waals surface area contributed by atoms with Crippen LogP contribution in [-0.4, -0.2) is 5.97 Å². The van der Waals surface area contributed by atoms with Crippen molar-refractivity contribution in [2.75, 3.05) is 0 Å². The lowest BCUT2D eigenvalue weighted by Crippen LogP contribution is -2.08. The predicted molar refractivity (Wildman–Crippen MR) is 117 cm³/mol. The number of carbonyl (C=O) groups excluding carboxylic acids is 1. The Morgan fingerprint density at radius 3 is 2.63 bits per heavy atom. The van der Waals surface area contributed by atoms with Crippen LogP contribution in [0.3, 0.4) is 0 Å². The number of fused-ring (bicyclic) bond motifs is 2. The van der Waals surface area contributed by atoms with Gasteiger partial charge in [0.15, 0.2) is 0 Å². The molecule has 30 heavy (non-hydrogen) atoms. The summed E-state index contributed by atoms with van der Waals surface area (Å²) in [6.45, 7) is 3.52. The van der Waals surface area contributed by atoms with E-state index in [-0.39, 0.29) is 5.43 Å². The molecule has 4 aromatic rings. The Balaban J connectivity index is 1.79. The first-order chi connectivity index (χ1) is 14.6. The van der Waals surface area contributed by atoms with Gasteiger partial charge in [-0.2, -0.15) is 0 Å². The van der Waals surface area contributed by atoms with E-state index in [1.165, 1.54) is 13.2 Å². The number of rotatable bonds is 7. The SMILES string of the molecule is CCCCCCc1cc2c(=O)c(-c3cc4ccccc4o3)coc2cc1OC(C)=O. The second-order valence-electron chi connectivity index (χ2n) is 7.49. The van der Waals surface area contributed by atoms with Crippen LogP contribution in [0.4, 0.5) is 0 Å². The molecule has 5 nitrogen and oxygen atoms in total. The molecule has 0 aliphatic rings. The van der Waals surface area contributed by atoms with Gasteiger partial charge in [-0.05, 0) is 36.6 Å². The van der Waals surface area contributed by atoms with Gasteiger partial charge >= 0.3 is 5.97 Å². The molecule has 0 aliphatic heterocycles. The molecule has 0 unspecified atom stereocenters. The minimum Gasteiger partial charge on any atom is -0.463 e. The maximum absolute atomic E-state index is 13.2. The highest BCUT2D eigenvalue weighted by molar-refractivity contribution is 5.87. The molecule has 0 saturated heterocycles. The van der Waals surface area contributed by atoms with E-state index in [2.05, 4.69) is 6.92 Å². The van der Waals surface area contributed by atoms with Crippen LogP contribution < -0.4 is 10.2 Å². The van der Waals surface area contributed by atoms with E-state index in [9.17, 15) is 9.59 Å².